The molecule has 2 aliphatic heterocycles. The molecule has 2 fully saturated rings. The summed E-state index contributed by atoms with van der Waals surface area (Å²) < 4.78 is 7.75. The molecule has 2 aliphatic rings. The molecule has 1 aromatic heterocycles. The van der Waals surface area contributed by atoms with Crippen LogP contribution in [-0.2, 0) is 11.3 Å². The van der Waals surface area contributed by atoms with Crippen LogP contribution in [0.25, 0.3) is 0 Å². The molecule has 2 atom stereocenters. The summed E-state index contributed by atoms with van der Waals surface area (Å²) in [5, 5.41) is 11.9. The van der Waals surface area contributed by atoms with E-state index in [4.69, 9.17) is 10.5 Å². The van der Waals surface area contributed by atoms with E-state index >= 15 is 0 Å². The number of hydrogen-bond acceptors (Lipinski definition) is 6. The summed E-state index contributed by atoms with van der Waals surface area (Å²) in [7, 11) is 0. The summed E-state index contributed by atoms with van der Waals surface area (Å²) >= 11 is 0. The van der Waals surface area contributed by atoms with E-state index in [2.05, 4.69) is 20.4 Å². The third-order valence-corrected chi connectivity index (χ3v) is 3.81. The highest BCUT2D eigenvalue weighted by Crippen LogP contribution is 2.28. The summed E-state index contributed by atoms with van der Waals surface area (Å²) in [5.41, 5.74) is 5.52. The van der Waals surface area contributed by atoms with Crippen molar-refractivity contribution in [3.8, 4) is 0 Å². The topological polar surface area (TPSA) is 82.1 Å². The molecule has 1 aromatic rings. The fourth-order valence-corrected chi connectivity index (χ4v) is 2.82. The van der Waals surface area contributed by atoms with Gasteiger partial charge in [-0.1, -0.05) is 0 Å². The molecule has 2 N–H and O–H groups in total. The van der Waals surface area contributed by atoms with Gasteiger partial charge in [0.25, 0.3) is 0 Å². The van der Waals surface area contributed by atoms with Crippen molar-refractivity contribution in [2.45, 2.75) is 38.0 Å². The zero-order valence-electron chi connectivity index (χ0n) is 10.5. The Kier molecular flexibility index (Phi) is 3.53. The third kappa shape index (κ3) is 2.25. The Labute approximate surface area is 106 Å². The molecule has 100 valence electrons. The van der Waals surface area contributed by atoms with E-state index in [0.717, 1.165) is 31.9 Å². The summed E-state index contributed by atoms with van der Waals surface area (Å²) in [5.74, 6) is 0.841. The van der Waals surface area contributed by atoms with Crippen LogP contribution in [0.1, 0.15) is 31.2 Å². The van der Waals surface area contributed by atoms with Gasteiger partial charge in [0.15, 0.2) is 5.82 Å². The number of aromatic nitrogens is 4. The van der Waals surface area contributed by atoms with Crippen molar-refractivity contribution in [3.63, 3.8) is 0 Å². The lowest BCUT2D eigenvalue weighted by atomic mass is 10.2. The van der Waals surface area contributed by atoms with Crippen LogP contribution < -0.4 is 5.73 Å². The summed E-state index contributed by atoms with van der Waals surface area (Å²) in [6.07, 6.45) is 3.42. The Balaban J connectivity index is 1.69. The van der Waals surface area contributed by atoms with Gasteiger partial charge in [0.1, 0.15) is 6.10 Å². The smallest absolute Gasteiger partial charge is 0.181 e. The van der Waals surface area contributed by atoms with Crippen molar-refractivity contribution in [2.24, 2.45) is 5.73 Å². The van der Waals surface area contributed by atoms with Crippen LogP contribution in [-0.4, -0.2) is 57.4 Å². The SMILES string of the molecule is NCCCn1nnnc1C1CN2CCCC2CO1. The Morgan fingerprint density at radius 1 is 1.44 bits per heavy atom. The number of aryl methyl sites for hydroxylation is 1. The fourth-order valence-electron chi connectivity index (χ4n) is 2.82. The predicted molar refractivity (Wildman–Crippen MR) is 64.8 cm³/mol. The maximum Gasteiger partial charge on any atom is 0.181 e. The molecule has 18 heavy (non-hydrogen) atoms. The van der Waals surface area contributed by atoms with Crippen molar-refractivity contribution >= 4 is 0 Å². The van der Waals surface area contributed by atoms with Gasteiger partial charge < -0.3 is 10.5 Å². The average molecular weight is 252 g/mol. The number of fused-ring (bicyclic) bond motifs is 1. The standard InChI is InChI=1S/C11H20N6O/c12-4-2-6-17-11(13-14-15-17)10-7-16-5-1-3-9(16)8-18-10/h9-10H,1-8,12H2. The van der Waals surface area contributed by atoms with Gasteiger partial charge in [-0.15, -0.1) is 5.10 Å². The number of tetrazole rings is 1. The van der Waals surface area contributed by atoms with Crippen LogP contribution in [0, 0.1) is 0 Å². The van der Waals surface area contributed by atoms with Crippen molar-refractivity contribution in [1.82, 2.24) is 25.1 Å². The molecule has 0 amide bonds. The van der Waals surface area contributed by atoms with E-state index < -0.39 is 0 Å². The molecule has 0 saturated carbocycles. The molecule has 7 heteroatoms. The Hall–Kier alpha value is -1.05. The van der Waals surface area contributed by atoms with Crippen LogP contribution in [0.2, 0.25) is 0 Å². The van der Waals surface area contributed by atoms with E-state index in [1.54, 1.807) is 0 Å². The normalized spacial score (nSPS) is 28.5. The molecular weight excluding hydrogens is 232 g/mol. The molecule has 0 aliphatic carbocycles. The highest BCUT2D eigenvalue weighted by Gasteiger charge is 2.35. The monoisotopic (exact) mass is 252 g/mol. The van der Waals surface area contributed by atoms with Gasteiger partial charge in [0.05, 0.1) is 6.61 Å². The molecular formula is C11H20N6O. The molecule has 2 saturated heterocycles. The lowest BCUT2D eigenvalue weighted by molar-refractivity contribution is -0.0560. The van der Waals surface area contributed by atoms with E-state index in [1.807, 2.05) is 4.68 Å². The lowest BCUT2D eigenvalue weighted by Crippen LogP contribution is -2.43. The van der Waals surface area contributed by atoms with Gasteiger partial charge in [0.2, 0.25) is 0 Å². The Morgan fingerprint density at radius 2 is 2.39 bits per heavy atom. The second kappa shape index (κ2) is 5.29. The quantitative estimate of drug-likeness (QED) is 0.782. The lowest BCUT2D eigenvalue weighted by Gasteiger charge is -2.34. The fraction of sp³-hybridized carbons (Fsp3) is 0.909. The van der Waals surface area contributed by atoms with Gasteiger partial charge in [-0.25, -0.2) is 4.68 Å². The number of ether oxygens (including phenoxy) is 1. The van der Waals surface area contributed by atoms with E-state index in [1.165, 1.54) is 19.4 Å². The maximum atomic E-state index is 5.92. The summed E-state index contributed by atoms with van der Waals surface area (Å²) in [6, 6.07) is 0.606. The van der Waals surface area contributed by atoms with Crippen LogP contribution in [0.15, 0.2) is 0 Å². The first-order valence-electron chi connectivity index (χ1n) is 6.70. The van der Waals surface area contributed by atoms with Gasteiger partial charge >= 0.3 is 0 Å². The van der Waals surface area contributed by atoms with Gasteiger partial charge in [-0.05, 0) is 42.8 Å². The molecule has 7 nitrogen and oxygen atoms in total. The van der Waals surface area contributed by atoms with Gasteiger partial charge in [0, 0.05) is 19.1 Å². The van der Waals surface area contributed by atoms with Gasteiger partial charge in [-0.3, -0.25) is 4.90 Å². The van der Waals surface area contributed by atoms with Crippen molar-refractivity contribution in [1.29, 1.82) is 0 Å². The second-order valence-electron chi connectivity index (χ2n) is 5.02. The van der Waals surface area contributed by atoms with Crippen molar-refractivity contribution < 1.29 is 4.74 Å². The Morgan fingerprint density at radius 3 is 3.28 bits per heavy atom. The van der Waals surface area contributed by atoms with Crippen LogP contribution in [0.4, 0.5) is 0 Å². The zero-order valence-corrected chi connectivity index (χ0v) is 10.5. The first-order valence-corrected chi connectivity index (χ1v) is 6.70. The second-order valence-corrected chi connectivity index (χ2v) is 5.02. The van der Waals surface area contributed by atoms with Crippen molar-refractivity contribution in [2.75, 3.05) is 26.2 Å². The van der Waals surface area contributed by atoms with Crippen molar-refractivity contribution in [3.05, 3.63) is 5.82 Å². The highest BCUT2D eigenvalue weighted by atomic mass is 16.5. The van der Waals surface area contributed by atoms with Gasteiger partial charge in [-0.2, -0.15) is 0 Å². The zero-order chi connectivity index (χ0) is 12.4. The van der Waals surface area contributed by atoms with E-state index in [-0.39, 0.29) is 6.10 Å². The Bertz CT molecular complexity index is 395. The minimum Gasteiger partial charge on any atom is -0.367 e. The minimum atomic E-state index is 0.00660. The number of morpholine rings is 1. The van der Waals surface area contributed by atoms with E-state index in [9.17, 15) is 0 Å². The predicted octanol–water partition coefficient (Wildman–Crippen LogP) is -0.442. The van der Waals surface area contributed by atoms with Crippen LogP contribution in [0.5, 0.6) is 0 Å². The molecule has 3 heterocycles. The summed E-state index contributed by atoms with van der Waals surface area (Å²) in [4.78, 5) is 2.50. The third-order valence-electron chi connectivity index (χ3n) is 3.81. The minimum absolute atomic E-state index is 0.00660. The first-order chi connectivity index (χ1) is 8.88. The van der Waals surface area contributed by atoms with Crippen LogP contribution >= 0.6 is 0 Å². The molecule has 2 unspecified atom stereocenters. The maximum absolute atomic E-state index is 5.92. The van der Waals surface area contributed by atoms with Crippen LogP contribution in [0.3, 0.4) is 0 Å². The number of hydrogen-bond donors (Lipinski definition) is 1. The molecule has 0 bridgehead atoms. The first kappa shape index (κ1) is 12.0. The summed E-state index contributed by atoms with van der Waals surface area (Å²) in [6.45, 7) is 4.30. The molecule has 3 rings (SSSR count). The number of nitrogens with two attached hydrogens (primary N) is 1. The molecule has 0 spiro atoms. The average Bonchev–Trinajstić information content (AvgIpc) is 3.03. The molecule has 0 radical (unpaired) electrons. The highest BCUT2D eigenvalue weighted by molar-refractivity contribution is 4.95. The largest absolute Gasteiger partial charge is 0.367 e. The number of rotatable bonds is 4. The number of nitrogens with zero attached hydrogens (tertiary/aromatic N) is 5. The van der Waals surface area contributed by atoms with E-state index in [0.29, 0.717) is 12.6 Å². The molecule has 0 aromatic carbocycles.